The summed E-state index contributed by atoms with van der Waals surface area (Å²) >= 11 is 0. The van der Waals surface area contributed by atoms with Crippen molar-refractivity contribution in [3.8, 4) is 5.69 Å². The largest absolute Gasteiger partial charge is 0.322 e. The molecule has 26 heavy (non-hydrogen) atoms. The molecule has 0 aliphatic carbocycles. The molecule has 130 valence electrons. The van der Waals surface area contributed by atoms with Gasteiger partial charge in [0.1, 0.15) is 11.2 Å². The van der Waals surface area contributed by atoms with Crippen molar-refractivity contribution in [1.29, 1.82) is 0 Å². The lowest BCUT2D eigenvalue weighted by atomic mass is 10.2. The van der Waals surface area contributed by atoms with Gasteiger partial charge in [-0.3, -0.25) is 4.79 Å². The Morgan fingerprint density at radius 1 is 1.15 bits per heavy atom. The second-order valence-electron chi connectivity index (χ2n) is 5.92. The van der Waals surface area contributed by atoms with E-state index in [1.54, 1.807) is 30.5 Å². The zero-order chi connectivity index (χ0) is 18.3. The SMILES string of the molecule is Cc1cc(C)n(-c2ccc(NC(=O)c3cnn4ncccc34)cc2F)n1. The third-order valence-corrected chi connectivity index (χ3v) is 3.99. The molecule has 4 rings (SSSR count). The topological polar surface area (TPSA) is 77.1 Å². The Balaban J connectivity index is 1.62. The summed E-state index contributed by atoms with van der Waals surface area (Å²) in [5, 5.41) is 15.0. The molecule has 0 spiro atoms. The number of hydrogen-bond acceptors (Lipinski definition) is 4. The number of aryl methyl sites for hydroxylation is 2. The lowest BCUT2D eigenvalue weighted by Gasteiger charge is -2.09. The van der Waals surface area contributed by atoms with Crippen LogP contribution in [0, 0.1) is 19.7 Å². The fraction of sp³-hybridized carbons (Fsp3) is 0.111. The van der Waals surface area contributed by atoms with E-state index < -0.39 is 5.82 Å². The van der Waals surface area contributed by atoms with Crippen LogP contribution in [0.2, 0.25) is 0 Å². The van der Waals surface area contributed by atoms with E-state index in [1.807, 2.05) is 19.9 Å². The van der Waals surface area contributed by atoms with Crippen molar-refractivity contribution >= 4 is 17.1 Å². The van der Waals surface area contributed by atoms with Crippen LogP contribution in [0.15, 0.2) is 48.8 Å². The lowest BCUT2D eigenvalue weighted by Crippen LogP contribution is -2.12. The summed E-state index contributed by atoms with van der Waals surface area (Å²) in [6, 6.07) is 9.82. The van der Waals surface area contributed by atoms with Crippen LogP contribution in [0.4, 0.5) is 10.1 Å². The van der Waals surface area contributed by atoms with Gasteiger partial charge in [-0.25, -0.2) is 9.07 Å². The van der Waals surface area contributed by atoms with Crippen molar-refractivity contribution in [3.63, 3.8) is 0 Å². The Morgan fingerprint density at radius 3 is 2.73 bits per heavy atom. The Morgan fingerprint density at radius 2 is 2.00 bits per heavy atom. The van der Waals surface area contributed by atoms with Crippen molar-refractivity contribution in [1.82, 2.24) is 24.6 Å². The van der Waals surface area contributed by atoms with E-state index >= 15 is 0 Å². The Bertz CT molecular complexity index is 1130. The summed E-state index contributed by atoms with van der Waals surface area (Å²) in [7, 11) is 0. The summed E-state index contributed by atoms with van der Waals surface area (Å²) in [5.41, 5.74) is 3.25. The van der Waals surface area contributed by atoms with Gasteiger partial charge in [0, 0.05) is 17.6 Å². The van der Waals surface area contributed by atoms with Gasteiger partial charge in [0.2, 0.25) is 0 Å². The molecule has 0 atom stereocenters. The zero-order valence-electron chi connectivity index (χ0n) is 14.1. The minimum absolute atomic E-state index is 0.328. The average Bonchev–Trinajstić information content (AvgIpc) is 3.18. The number of fused-ring (bicyclic) bond motifs is 1. The summed E-state index contributed by atoms with van der Waals surface area (Å²) in [5.74, 6) is -0.859. The van der Waals surface area contributed by atoms with Gasteiger partial charge in [-0.05, 0) is 50.2 Å². The Labute approximate surface area is 148 Å². The lowest BCUT2D eigenvalue weighted by molar-refractivity contribution is 0.102. The smallest absolute Gasteiger partial charge is 0.259 e. The van der Waals surface area contributed by atoms with Crippen molar-refractivity contribution < 1.29 is 9.18 Å². The van der Waals surface area contributed by atoms with E-state index in [0.717, 1.165) is 11.4 Å². The van der Waals surface area contributed by atoms with Gasteiger partial charge in [-0.15, -0.1) is 0 Å². The fourth-order valence-electron chi connectivity index (χ4n) is 2.84. The van der Waals surface area contributed by atoms with Gasteiger partial charge in [0.15, 0.2) is 5.82 Å². The molecule has 0 saturated heterocycles. The molecule has 1 N–H and O–H groups in total. The van der Waals surface area contributed by atoms with Crippen molar-refractivity contribution in [2.45, 2.75) is 13.8 Å². The number of nitrogens with zero attached hydrogens (tertiary/aromatic N) is 5. The highest BCUT2D eigenvalue weighted by molar-refractivity contribution is 6.08. The molecule has 3 heterocycles. The fourth-order valence-corrected chi connectivity index (χ4v) is 2.84. The first-order valence-electron chi connectivity index (χ1n) is 7.96. The predicted molar refractivity (Wildman–Crippen MR) is 93.9 cm³/mol. The molecule has 0 fully saturated rings. The van der Waals surface area contributed by atoms with Crippen LogP contribution in [0.25, 0.3) is 11.2 Å². The molecular weight excluding hydrogens is 335 g/mol. The molecule has 0 unspecified atom stereocenters. The molecule has 0 bridgehead atoms. The van der Waals surface area contributed by atoms with E-state index in [1.165, 1.54) is 21.6 Å². The van der Waals surface area contributed by atoms with Crippen LogP contribution in [-0.2, 0) is 0 Å². The molecule has 7 nitrogen and oxygen atoms in total. The molecule has 1 amide bonds. The van der Waals surface area contributed by atoms with Gasteiger partial charge in [0.05, 0.1) is 17.5 Å². The second-order valence-corrected chi connectivity index (χ2v) is 5.92. The molecule has 3 aromatic heterocycles. The number of nitrogens with one attached hydrogen (secondary N) is 1. The standard InChI is InChI=1S/C18H15FN6O/c1-11-8-12(2)24(23-11)17-6-5-13(9-15(17)19)22-18(26)14-10-21-25-16(14)4-3-7-20-25/h3-10H,1-2H3,(H,22,26). The normalized spacial score (nSPS) is 11.0. The van der Waals surface area contributed by atoms with Crippen LogP contribution in [0.1, 0.15) is 21.7 Å². The summed E-state index contributed by atoms with van der Waals surface area (Å²) in [6.45, 7) is 3.70. The predicted octanol–water partition coefficient (Wildman–Crippen LogP) is 2.92. The van der Waals surface area contributed by atoms with Crippen LogP contribution >= 0.6 is 0 Å². The number of carbonyl (C=O) groups is 1. The average molecular weight is 350 g/mol. The number of anilines is 1. The molecular formula is C18H15FN6O. The molecule has 0 saturated carbocycles. The van der Waals surface area contributed by atoms with Gasteiger partial charge in [-0.2, -0.15) is 19.9 Å². The maximum atomic E-state index is 14.5. The summed E-state index contributed by atoms with van der Waals surface area (Å²) in [6.07, 6.45) is 3.01. The molecule has 0 aliphatic rings. The highest BCUT2D eigenvalue weighted by atomic mass is 19.1. The Hall–Kier alpha value is -3.55. The number of aromatic nitrogens is 5. The number of carbonyl (C=O) groups excluding carboxylic acids is 1. The van der Waals surface area contributed by atoms with Crippen LogP contribution < -0.4 is 5.32 Å². The van der Waals surface area contributed by atoms with Gasteiger partial charge in [0.25, 0.3) is 5.91 Å². The first kappa shape index (κ1) is 15.9. The summed E-state index contributed by atoms with van der Waals surface area (Å²) < 4.78 is 17.4. The van der Waals surface area contributed by atoms with Gasteiger partial charge < -0.3 is 5.32 Å². The van der Waals surface area contributed by atoms with Crippen molar-refractivity contribution in [2.24, 2.45) is 0 Å². The quantitative estimate of drug-likeness (QED) is 0.616. The molecule has 1 aromatic carbocycles. The third-order valence-electron chi connectivity index (χ3n) is 3.99. The Kier molecular flexibility index (Phi) is 3.72. The van der Waals surface area contributed by atoms with Crippen LogP contribution in [0.5, 0.6) is 0 Å². The monoisotopic (exact) mass is 350 g/mol. The van der Waals surface area contributed by atoms with E-state index in [9.17, 15) is 9.18 Å². The van der Waals surface area contributed by atoms with Crippen LogP contribution in [0.3, 0.4) is 0 Å². The second kappa shape index (κ2) is 6.07. The molecule has 0 aliphatic heterocycles. The van der Waals surface area contributed by atoms with Crippen molar-refractivity contribution in [2.75, 3.05) is 5.32 Å². The van der Waals surface area contributed by atoms with E-state index in [2.05, 4.69) is 20.6 Å². The zero-order valence-corrected chi connectivity index (χ0v) is 14.1. The molecule has 0 radical (unpaired) electrons. The minimum atomic E-state index is -0.476. The van der Waals surface area contributed by atoms with E-state index in [-0.39, 0.29) is 5.91 Å². The van der Waals surface area contributed by atoms with Crippen LogP contribution in [-0.4, -0.2) is 30.5 Å². The minimum Gasteiger partial charge on any atom is -0.322 e. The van der Waals surface area contributed by atoms with Gasteiger partial charge >= 0.3 is 0 Å². The van der Waals surface area contributed by atoms with Gasteiger partial charge in [-0.1, -0.05) is 0 Å². The number of hydrogen-bond donors (Lipinski definition) is 1. The van der Waals surface area contributed by atoms with Crippen molar-refractivity contribution in [3.05, 3.63) is 71.6 Å². The van der Waals surface area contributed by atoms with E-state index in [0.29, 0.717) is 22.5 Å². The summed E-state index contributed by atoms with van der Waals surface area (Å²) in [4.78, 5) is 12.5. The molecule has 8 heteroatoms. The maximum absolute atomic E-state index is 14.5. The first-order valence-corrected chi connectivity index (χ1v) is 7.96. The number of halogens is 1. The number of amides is 1. The number of rotatable bonds is 3. The highest BCUT2D eigenvalue weighted by Crippen LogP contribution is 2.21. The number of benzene rings is 1. The maximum Gasteiger partial charge on any atom is 0.259 e. The highest BCUT2D eigenvalue weighted by Gasteiger charge is 2.15. The van der Waals surface area contributed by atoms with E-state index in [4.69, 9.17) is 0 Å². The molecule has 4 aromatic rings. The third kappa shape index (κ3) is 2.71. The first-order chi connectivity index (χ1) is 12.5.